The van der Waals surface area contributed by atoms with E-state index in [-0.39, 0.29) is 17.2 Å². The van der Waals surface area contributed by atoms with E-state index in [1.807, 2.05) is 0 Å². The van der Waals surface area contributed by atoms with Crippen molar-refractivity contribution in [2.24, 2.45) is 0 Å². The van der Waals surface area contributed by atoms with Crippen LogP contribution in [-0.2, 0) is 0 Å². The average molecular weight is 357 g/mol. The second kappa shape index (κ2) is 6.06. The molecular weight excluding hydrogens is 346 g/mol. The highest BCUT2D eigenvalue weighted by molar-refractivity contribution is 7.99. The molecule has 126 valence electrons. The lowest BCUT2D eigenvalue weighted by atomic mass is 10.2. The molecule has 0 aliphatic carbocycles. The Kier molecular flexibility index (Phi) is 3.73. The smallest absolute Gasteiger partial charge is 0.273 e. The minimum atomic E-state index is -0.526. The van der Waals surface area contributed by atoms with Gasteiger partial charge in [0.1, 0.15) is 0 Å². The monoisotopic (exact) mass is 357 g/mol. The average Bonchev–Trinajstić information content (AvgIpc) is 3.30. The Bertz CT molecular complexity index is 953. The first-order chi connectivity index (χ1) is 12.1. The molecule has 0 fully saturated rings. The molecule has 1 amide bonds. The molecule has 25 heavy (non-hydrogen) atoms. The maximum atomic E-state index is 12.9. The number of carbonyl (C=O) groups excluding carboxylic acids is 1. The normalized spacial score (nSPS) is 13.5. The van der Waals surface area contributed by atoms with Crippen LogP contribution in [0.5, 0.6) is 0 Å². The summed E-state index contributed by atoms with van der Waals surface area (Å²) in [6.45, 7) is 0.422. The molecule has 1 aromatic carbocycles. The van der Waals surface area contributed by atoms with Crippen LogP contribution in [0.3, 0.4) is 0 Å². The molecule has 0 unspecified atom stereocenters. The summed E-state index contributed by atoms with van der Waals surface area (Å²) >= 11 is 1.48. The van der Waals surface area contributed by atoms with Gasteiger partial charge in [0.25, 0.3) is 11.6 Å². The Labute approximate surface area is 145 Å². The van der Waals surface area contributed by atoms with Gasteiger partial charge in [0.15, 0.2) is 5.76 Å². The summed E-state index contributed by atoms with van der Waals surface area (Å²) in [7, 11) is 0. The maximum absolute atomic E-state index is 12.9. The first-order valence-electron chi connectivity index (χ1n) is 7.34. The quantitative estimate of drug-likeness (QED) is 0.523. The SMILES string of the molecule is O=C(c1cccc([N+](=O)[O-])c1)N1CCSc2nnc(-c3ccco3)n21. The van der Waals surface area contributed by atoms with Crippen LogP contribution in [0.25, 0.3) is 11.6 Å². The number of carbonyl (C=O) groups is 1. The number of fused-ring (bicyclic) bond motifs is 1. The van der Waals surface area contributed by atoms with E-state index >= 15 is 0 Å². The third-order valence-electron chi connectivity index (χ3n) is 3.67. The molecule has 3 heterocycles. The van der Waals surface area contributed by atoms with Crippen molar-refractivity contribution in [2.45, 2.75) is 5.16 Å². The number of hydrogen-bond donors (Lipinski definition) is 0. The number of thioether (sulfide) groups is 1. The van der Waals surface area contributed by atoms with Crippen LogP contribution in [-0.4, -0.2) is 38.0 Å². The van der Waals surface area contributed by atoms with Crippen molar-refractivity contribution in [2.75, 3.05) is 17.3 Å². The van der Waals surface area contributed by atoms with Gasteiger partial charge in [-0.15, -0.1) is 10.2 Å². The number of hydrogen-bond acceptors (Lipinski definition) is 7. The molecule has 0 N–H and O–H groups in total. The molecule has 3 aromatic rings. The zero-order chi connectivity index (χ0) is 17.4. The number of non-ortho nitro benzene ring substituents is 1. The van der Waals surface area contributed by atoms with Gasteiger partial charge in [0.05, 0.1) is 17.7 Å². The summed E-state index contributed by atoms with van der Waals surface area (Å²) < 4.78 is 6.96. The Morgan fingerprint density at radius 2 is 2.16 bits per heavy atom. The molecule has 0 spiro atoms. The van der Waals surface area contributed by atoms with Crippen molar-refractivity contribution in [1.82, 2.24) is 14.9 Å². The number of benzene rings is 1. The van der Waals surface area contributed by atoms with E-state index < -0.39 is 4.92 Å². The van der Waals surface area contributed by atoms with Crippen molar-refractivity contribution in [3.8, 4) is 11.6 Å². The zero-order valence-electron chi connectivity index (χ0n) is 12.7. The minimum absolute atomic E-state index is 0.132. The standard InChI is InChI=1S/C15H11N5O4S/c21-14(10-3-1-4-11(9-10)20(22)23)18-6-8-25-15-17-16-13(19(15)18)12-5-2-7-24-12/h1-5,7,9H,6,8H2. The number of nitro groups is 1. The highest BCUT2D eigenvalue weighted by Gasteiger charge is 2.30. The molecule has 0 radical (unpaired) electrons. The highest BCUT2D eigenvalue weighted by atomic mass is 32.2. The van der Waals surface area contributed by atoms with Gasteiger partial charge in [-0.05, 0) is 18.2 Å². The summed E-state index contributed by atoms with van der Waals surface area (Å²) in [6, 6.07) is 9.10. The predicted octanol–water partition coefficient (Wildman–Crippen LogP) is 2.33. The van der Waals surface area contributed by atoms with Gasteiger partial charge in [0, 0.05) is 23.4 Å². The van der Waals surface area contributed by atoms with Crippen LogP contribution in [0, 0.1) is 10.1 Å². The van der Waals surface area contributed by atoms with Crippen LogP contribution >= 0.6 is 11.8 Å². The maximum Gasteiger partial charge on any atom is 0.273 e. The summed E-state index contributed by atoms with van der Waals surface area (Å²) in [5, 5.41) is 21.2. The lowest BCUT2D eigenvalue weighted by Crippen LogP contribution is -2.45. The van der Waals surface area contributed by atoms with Crippen molar-refractivity contribution in [3.05, 3.63) is 58.3 Å². The van der Waals surface area contributed by atoms with Gasteiger partial charge in [-0.25, -0.2) is 9.69 Å². The van der Waals surface area contributed by atoms with E-state index in [2.05, 4.69) is 10.2 Å². The number of nitrogens with zero attached hydrogens (tertiary/aromatic N) is 5. The minimum Gasteiger partial charge on any atom is -0.461 e. The van der Waals surface area contributed by atoms with Crippen LogP contribution in [0.15, 0.2) is 52.2 Å². The van der Waals surface area contributed by atoms with Gasteiger partial charge in [-0.1, -0.05) is 17.8 Å². The fourth-order valence-corrected chi connectivity index (χ4v) is 3.40. The third-order valence-corrected chi connectivity index (χ3v) is 4.57. The Morgan fingerprint density at radius 1 is 1.28 bits per heavy atom. The number of nitro benzene ring substituents is 1. The van der Waals surface area contributed by atoms with Gasteiger partial charge < -0.3 is 4.42 Å². The lowest BCUT2D eigenvalue weighted by molar-refractivity contribution is -0.384. The van der Waals surface area contributed by atoms with Gasteiger partial charge in [-0.2, -0.15) is 0 Å². The van der Waals surface area contributed by atoms with Crippen LogP contribution in [0.2, 0.25) is 0 Å². The second-order valence-electron chi connectivity index (χ2n) is 5.18. The molecule has 9 nitrogen and oxygen atoms in total. The predicted molar refractivity (Wildman–Crippen MR) is 89.0 cm³/mol. The van der Waals surface area contributed by atoms with Crippen molar-refractivity contribution >= 4 is 23.4 Å². The summed E-state index contributed by atoms with van der Waals surface area (Å²) in [6.07, 6.45) is 1.51. The van der Waals surface area contributed by atoms with E-state index in [4.69, 9.17) is 4.42 Å². The van der Waals surface area contributed by atoms with Gasteiger partial charge in [0.2, 0.25) is 11.0 Å². The molecule has 0 bridgehead atoms. The Morgan fingerprint density at radius 3 is 2.92 bits per heavy atom. The van der Waals surface area contributed by atoms with Gasteiger partial charge >= 0.3 is 0 Å². The van der Waals surface area contributed by atoms with E-state index in [9.17, 15) is 14.9 Å². The van der Waals surface area contributed by atoms with Crippen molar-refractivity contribution < 1.29 is 14.1 Å². The van der Waals surface area contributed by atoms with Crippen molar-refractivity contribution in [3.63, 3.8) is 0 Å². The molecular formula is C15H11N5O4S. The number of furan rings is 1. The number of aromatic nitrogens is 3. The fourth-order valence-electron chi connectivity index (χ4n) is 2.55. The molecule has 0 atom stereocenters. The highest BCUT2D eigenvalue weighted by Crippen LogP contribution is 2.28. The summed E-state index contributed by atoms with van der Waals surface area (Å²) in [5.41, 5.74) is 0.0959. The lowest BCUT2D eigenvalue weighted by Gasteiger charge is -2.28. The van der Waals surface area contributed by atoms with Crippen molar-refractivity contribution in [1.29, 1.82) is 0 Å². The van der Waals surface area contributed by atoms with E-state index in [0.717, 1.165) is 0 Å². The molecule has 0 saturated carbocycles. The number of amides is 1. The zero-order valence-corrected chi connectivity index (χ0v) is 13.5. The van der Waals surface area contributed by atoms with Gasteiger partial charge in [-0.3, -0.25) is 14.9 Å². The largest absolute Gasteiger partial charge is 0.461 e. The fraction of sp³-hybridized carbons (Fsp3) is 0.133. The molecule has 2 aromatic heterocycles. The molecule has 0 saturated heterocycles. The van der Waals surface area contributed by atoms with E-state index in [1.54, 1.807) is 22.9 Å². The number of rotatable bonds is 3. The molecule has 1 aliphatic rings. The van der Waals surface area contributed by atoms with E-state index in [1.165, 1.54) is 41.2 Å². The first-order valence-corrected chi connectivity index (χ1v) is 8.32. The summed E-state index contributed by atoms with van der Waals surface area (Å²) in [4.78, 5) is 23.4. The Balaban J connectivity index is 1.76. The molecule has 10 heteroatoms. The van der Waals surface area contributed by atoms with Crippen LogP contribution in [0.4, 0.5) is 5.69 Å². The second-order valence-corrected chi connectivity index (χ2v) is 6.24. The third kappa shape index (κ3) is 2.66. The Hall–Kier alpha value is -3.14. The first kappa shape index (κ1) is 15.4. The summed E-state index contributed by atoms with van der Waals surface area (Å²) in [5.74, 6) is 1.18. The molecule has 1 aliphatic heterocycles. The van der Waals surface area contributed by atoms with Crippen LogP contribution in [0.1, 0.15) is 10.4 Å². The molecule has 4 rings (SSSR count). The van der Waals surface area contributed by atoms with Crippen LogP contribution < -0.4 is 5.01 Å². The van der Waals surface area contributed by atoms with E-state index in [0.29, 0.717) is 29.0 Å². The topological polar surface area (TPSA) is 107 Å².